The molecule has 0 unspecified atom stereocenters. The molecule has 3 N–H and O–H groups in total. The van der Waals surface area contributed by atoms with Crippen molar-refractivity contribution in [2.24, 2.45) is 0 Å². The van der Waals surface area contributed by atoms with Crippen molar-refractivity contribution in [3.8, 4) is 0 Å². The Bertz CT molecular complexity index is 702. The fourth-order valence-corrected chi connectivity index (χ4v) is 3.04. The molecule has 96 valence electrons. The Hall–Kier alpha value is -2.01. The first-order valence-electron chi connectivity index (χ1n) is 6.06. The number of rotatable bonds is 3. The van der Waals surface area contributed by atoms with Crippen molar-refractivity contribution in [1.82, 2.24) is 15.2 Å². The quantitative estimate of drug-likeness (QED) is 0.716. The van der Waals surface area contributed by atoms with Crippen LogP contribution < -0.4 is 5.73 Å². The fraction of sp³-hybridized carbons (Fsp3) is 0.143. The highest BCUT2D eigenvalue weighted by Crippen LogP contribution is 2.36. The van der Waals surface area contributed by atoms with Gasteiger partial charge in [0.1, 0.15) is 0 Å². The third kappa shape index (κ3) is 2.42. The van der Waals surface area contributed by atoms with E-state index in [9.17, 15) is 0 Å². The number of hydrogen-bond acceptors (Lipinski definition) is 4. The summed E-state index contributed by atoms with van der Waals surface area (Å²) in [5.41, 5.74) is 6.82. The second-order valence-corrected chi connectivity index (χ2v) is 5.64. The first-order valence-corrected chi connectivity index (χ1v) is 6.94. The van der Waals surface area contributed by atoms with Crippen LogP contribution in [-0.2, 0) is 0 Å². The molecule has 0 fully saturated rings. The number of nitrogens with two attached hydrogens (primary N) is 1. The van der Waals surface area contributed by atoms with Crippen LogP contribution >= 0.6 is 11.8 Å². The molecule has 0 radical (unpaired) electrons. The van der Waals surface area contributed by atoms with Crippen LogP contribution in [0.15, 0.2) is 47.6 Å². The summed E-state index contributed by atoms with van der Waals surface area (Å²) in [6.07, 6.45) is 0. The van der Waals surface area contributed by atoms with Gasteiger partial charge in [-0.25, -0.2) is 5.10 Å². The molecule has 19 heavy (non-hydrogen) atoms. The van der Waals surface area contributed by atoms with E-state index in [1.807, 2.05) is 0 Å². The summed E-state index contributed by atoms with van der Waals surface area (Å²) in [5, 5.41) is 10.2. The van der Waals surface area contributed by atoms with Gasteiger partial charge in [0.05, 0.1) is 0 Å². The van der Waals surface area contributed by atoms with Gasteiger partial charge in [0.25, 0.3) is 0 Å². The first kappa shape index (κ1) is 12.0. The van der Waals surface area contributed by atoms with E-state index in [0.29, 0.717) is 11.1 Å². The number of H-pyrrole nitrogens is 1. The van der Waals surface area contributed by atoms with Gasteiger partial charge >= 0.3 is 0 Å². The van der Waals surface area contributed by atoms with Crippen LogP contribution in [-0.4, -0.2) is 15.2 Å². The highest BCUT2D eigenvalue weighted by molar-refractivity contribution is 7.99. The Balaban J connectivity index is 1.95. The number of nitrogens with one attached hydrogen (secondary N) is 1. The first-order chi connectivity index (χ1) is 9.24. The average Bonchev–Trinajstić information content (AvgIpc) is 2.83. The standard InChI is InChI=1S/C14H14N4S/c1-9(19-14-16-13(15)17-18-14)11-8-4-6-10-5-2-3-7-12(10)11/h2-9H,1H3,(H3,15,16,17,18)/t9-/m1/s1. The SMILES string of the molecule is C[C@@H](Sc1n[nH]c(N)n1)c1cccc2ccccc12. The Morgan fingerprint density at radius 1 is 1.16 bits per heavy atom. The van der Waals surface area contributed by atoms with E-state index < -0.39 is 0 Å². The number of benzene rings is 2. The molecule has 0 aliphatic rings. The van der Waals surface area contributed by atoms with E-state index in [1.54, 1.807) is 11.8 Å². The summed E-state index contributed by atoms with van der Waals surface area (Å²) < 4.78 is 0. The zero-order chi connectivity index (χ0) is 13.2. The van der Waals surface area contributed by atoms with Crippen LogP contribution in [0.3, 0.4) is 0 Å². The molecule has 1 aromatic heterocycles. The Labute approximate surface area is 115 Å². The van der Waals surface area contributed by atoms with Gasteiger partial charge in [-0.3, -0.25) is 0 Å². The molecule has 0 aliphatic carbocycles. The van der Waals surface area contributed by atoms with Crippen LogP contribution in [0.5, 0.6) is 0 Å². The fourth-order valence-electron chi connectivity index (χ4n) is 2.14. The molecule has 2 aromatic carbocycles. The highest BCUT2D eigenvalue weighted by Gasteiger charge is 2.13. The van der Waals surface area contributed by atoms with Gasteiger partial charge in [-0.2, -0.15) is 4.98 Å². The van der Waals surface area contributed by atoms with Crippen molar-refractivity contribution in [2.45, 2.75) is 17.3 Å². The maximum atomic E-state index is 5.54. The van der Waals surface area contributed by atoms with Crippen LogP contribution in [0.2, 0.25) is 0 Å². The average molecular weight is 270 g/mol. The van der Waals surface area contributed by atoms with Gasteiger partial charge in [0.15, 0.2) is 0 Å². The van der Waals surface area contributed by atoms with Crippen molar-refractivity contribution in [2.75, 3.05) is 5.73 Å². The molecule has 4 nitrogen and oxygen atoms in total. The molecule has 1 heterocycles. The van der Waals surface area contributed by atoms with Gasteiger partial charge in [-0.1, -0.05) is 54.2 Å². The Morgan fingerprint density at radius 2 is 1.95 bits per heavy atom. The van der Waals surface area contributed by atoms with Crippen molar-refractivity contribution >= 4 is 28.5 Å². The molecule has 3 aromatic rings. The number of nitrogens with zero attached hydrogens (tertiary/aromatic N) is 2. The number of anilines is 1. The summed E-state index contributed by atoms with van der Waals surface area (Å²) >= 11 is 1.60. The Morgan fingerprint density at radius 3 is 2.74 bits per heavy atom. The predicted octanol–water partition coefficient (Wildman–Crippen LogP) is 3.39. The van der Waals surface area contributed by atoms with Crippen molar-refractivity contribution in [1.29, 1.82) is 0 Å². The van der Waals surface area contributed by atoms with Crippen molar-refractivity contribution < 1.29 is 0 Å². The highest BCUT2D eigenvalue weighted by atomic mass is 32.2. The molecular weight excluding hydrogens is 256 g/mol. The summed E-state index contributed by atoms with van der Waals surface area (Å²) in [6.45, 7) is 2.15. The zero-order valence-corrected chi connectivity index (χ0v) is 11.3. The summed E-state index contributed by atoms with van der Waals surface area (Å²) in [4.78, 5) is 4.13. The molecule has 3 rings (SSSR count). The van der Waals surface area contributed by atoms with Crippen LogP contribution in [0.25, 0.3) is 10.8 Å². The number of nitrogen functional groups attached to an aromatic ring is 1. The van der Waals surface area contributed by atoms with Crippen molar-refractivity contribution in [3.63, 3.8) is 0 Å². The number of aromatic amines is 1. The number of aromatic nitrogens is 3. The largest absolute Gasteiger partial charge is 0.368 e. The number of thioether (sulfide) groups is 1. The lowest BCUT2D eigenvalue weighted by molar-refractivity contribution is 0.961. The van der Waals surface area contributed by atoms with E-state index in [-0.39, 0.29) is 5.25 Å². The van der Waals surface area contributed by atoms with Crippen LogP contribution in [0.1, 0.15) is 17.7 Å². The maximum Gasteiger partial charge on any atom is 0.216 e. The lowest BCUT2D eigenvalue weighted by Crippen LogP contribution is -1.91. The normalized spacial score (nSPS) is 12.7. The lowest BCUT2D eigenvalue weighted by Gasteiger charge is -2.12. The molecule has 0 aliphatic heterocycles. The minimum atomic E-state index is 0.265. The molecule has 0 spiro atoms. The lowest BCUT2D eigenvalue weighted by atomic mass is 10.0. The maximum absolute atomic E-state index is 5.54. The Kier molecular flexibility index (Phi) is 3.13. The monoisotopic (exact) mass is 270 g/mol. The molecule has 0 saturated carbocycles. The second kappa shape index (κ2) is 4.93. The third-order valence-corrected chi connectivity index (χ3v) is 4.03. The van der Waals surface area contributed by atoms with E-state index in [4.69, 9.17) is 5.73 Å². The molecule has 0 saturated heterocycles. The second-order valence-electron chi connectivity index (χ2n) is 4.33. The molecular formula is C14H14N4S. The minimum Gasteiger partial charge on any atom is -0.368 e. The van der Waals surface area contributed by atoms with Gasteiger partial charge in [-0.15, -0.1) is 5.10 Å². The molecule has 1 atom stereocenters. The minimum absolute atomic E-state index is 0.265. The predicted molar refractivity (Wildman–Crippen MR) is 79.0 cm³/mol. The molecule has 5 heteroatoms. The summed E-state index contributed by atoms with van der Waals surface area (Å²) in [7, 11) is 0. The van der Waals surface area contributed by atoms with Crippen molar-refractivity contribution in [3.05, 3.63) is 48.0 Å². The van der Waals surface area contributed by atoms with Gasteiger partial charge < -0.3 is 5.73 Å². The van der Waals surface area contributed by atoms with Gasteiger partial charge in [0, 0.05) is 5.25 Å². The number of fused-ring (bicyclic) bond motifs is 1. The van der Waals surface area contributed by atoms with Gasteiger partial charge in [0.2, 0.25) is 11.1 Å². The van der Waals surface area contributed by atoms with E-state index in [2.05, 4.69) is 64.6 Å². The van der Waals surface area contributed by atoms with Crippen LogP contribution in [0, 0.1) is 0 Å². The third-order valence-electron chi connectivity index (χ3n) is 3.03. The summed E-state index contributed by atoms with van der Waals surface area (Å²) in [6, 6.07) is 14.8. The summed E-state index contributed by atoms with van der Waals surface area (Å²) in [5.74, 6) is 0.354. The number of hydrogen-bond donors (Lipinski definition) is 2. The molecule has 0 amide bonds. The van der Waals surface area contributed by atoms with Crippen LogP contribution in [0.4, 0.5) is 5.95 Å². The van der Waals surface area contributed by atoms with Gasteiger partial charge in [-0.05, 0) is 23.3 Å². The van der Waals surface area contributed by atoms with E-state index >= 15 is 0 Å². The molecule has 0 bridgehead atoms. The topological polar surface area (TPSA) is 67.6 Å². The zero-order valence-electron chi connectivity index (χ0n) is 10.5. The van der Waals surface area contributed by atoms with E-state index in [1.165, 1.54) is 16.3 Å². The smallest absolute Gasteiger partial charge is 0.216 e. The van der Waals surface area contributed by atoms with E-state index in [0.717, 1.165) is 0 Å².